The third-order valence-corrected chi connectivity index (χ3v) is 12.0. The van der Waals surface area contributed by atoms with Gasteiger partial charge >= 0.3 is 5.79 Å². The van der Waals surface area contributed by atoms with Gasteiger partial charge in [-0.1, -0.05) is 86.0 Å². The van der Waals surface area contributed by atoms with Gasteiger partial charge in [0.2, 0.25) is 0 Å². The minimum absolute atomic E-state index is 0.0164. The van der Waals surface area contributed by atoms with Crippen LogP contribution in [0, 0.1) is 5.92 Å². The number of carbonyl (C=O) groups excluding carboxylic acids is 2. The summed E-state index contributed by atoms with van der Waals surface area (Å²) >= 11 is 2.24. The highest BCUT2D eigenvalue weighted by Gasteiger charge is 2.48. The van der Waals surface area contributed by atoms with E-state index >= 15 is 0 Å². The number of ketones is 1. The Hall–Kier alpha value is -4.90. The van der Waals surface area contributed by atoms with Gasteiger partial charge in [0, 0.05) is 46.3 Å². The molecular formula is C43H45IN6O7. The molecule has 3 atom stereocenters. The number of nitrogens with zero attached hydrogens (tertiary/aromatic N) is 4. The molecule has 57 heavy (non-hydrogen) atoms. The van der Waals surface area contributed by atoms with Gasteiger partial charge in [-0.25, -0.2) is 15.0 Å². The minimum atomic E-state index is -1.37. The summed E-state index contributed by atoms with van der Waals surface area (Å²) in [4.78, 5) is 41.1. The predicted molar refractivity (Wildman–Crippen MR) is 221 cm³/mol. The molecule has 1 amide bonds. The SMILES string of the molecule is COC(C)(C)OC1C[C@@H](/C(I)=C/CNC(=O)c2cc(C(=O)C3CCCCC3)cc3c2OC(c2ccccc2)(c2ccccc2)O3)O[C@H]1n1cnc2c(N)ncnc21. The number of benzene rings is 3. The van der Waals surface area contributed by atoms with Gasteiger partial charge in [-0.2, -0.15) is 0 Å². The average Bonchev–Trinajstić information content (AvgIpc) is 3.97. The smallest absolute Gasteiger partial charge is 0.305 e. The van der Waals surface area contributed by atoms with E-state index in [1.54, 1.807) is 30.1 Å². The summed E-state index contributed by atoms with van der Waals surface area (Å²) in [5, 5.41) is 3.04. The number of rotatable bonds is 12. The van der Waals surface area contributed by atoms with E-state index in [0.717, 1.165) is 46.8 Å². The molecule has 1 unspecified atom stereocenters. The molecule has 296 valence electrons. The van der Waals surface area contributed by atoms with Crippen LogP contribution >= 0.6 is 22.6 Å². The van der Waals surface area contributed by atoms with Crippen LogP contribution in [-0.2, 0) is 20.0 Å². The van der Waals surface area contributed by atoms with Gasteiger partial charge in [-0.3, -0.25) is 14.2 Å². The number of imidazole rings is 1. The number of methoxy groups -OCH3 is 1. The van der Waals surface area contributed by atoms with Crippen molar-refractivity contribution in [2.75, 3.05) is 19.4 Å². The van der Waals surface area contributed by atoms with Crippen molar-refractivity contribution in [3.8, 4) is 11.5 Å². The van der Waals surface area contributed by atoms with Gasteiger partial charge < -0.3 is 34.7 Å². The lowest BCUT2D eigenvalue weighted by Gasteiger charge is -2.30. The van der Waals surface area contributed by atoms with E-state index in [1.807, 2.05) is 80.6 Å². The molecule has 14 heteroatoms. The van der Waals surface area contributed by atoms with Crippen LogP contribution in [0.5, 0.6) is 11.5 Å². The Balaban J connectivity index is 1.07. The number of ether oxygens (including phenoxy) is 5. The predicted octanol–water partition coefficient (Wildman–Crippen LogP) is 7.65. The number of nitrogens with two attached hydrogens (primary N) is 1. The van der Waals surface area contributed by atoms with E-state index in [0.29, 0.717) is 28.9 Å². The molecule has 0 radical (unpaired) electrons. The molecule has 3 aliphatic rings. The Morgan fingerprint density at radius 3 is 2.39 bits per heavy atom. The Bertz CT molecular complexity index is 2250. The summed E-state index contributed by atoms with van der Waals surface area (Å²) in [7, 11) is 1.59. The standard InChI is InChI=1S/C43H45IN6O7/c1-42(2,53-3)55-34-23-32(54-41(34)50-25-49-35-38(45)47-24-48-39(35)50)31(44)19-20-46-40(52)30-21-27(36(51)26-13-7-4-8-14-26)22-33-37(30)57-43(56-33,28-15-9-5-10-16-28)29-17-11-6-12-18-29/h5-6,9-12,15-19,21-22,24-26,32,34,41H,4,7-8,13-14,20,23H2,1-3H3,(H,46,52)(H2,45,47,48)/b31-19-/t32-,34?,41+/m0/s1. The first kappa shape index (κ1) is 38.9. The number of halogens is 1. The first-order chi connectivity index (χ1) is 27.6. The summed E-state index contributed by atoms with van der Waals surface area (Å²) < 4.78 is 34.8. The van der Waals surface area contributed by atoms with E-state index in [2.05, 4.69) is 42.9 Å². The Morgan fingerprint density at radius 2 is 1.70 bits per heavy atom. The van der Waals surface area contributed by atoms with Crippen molar-refractivity contribution in [1.82, 2.24) is 24.8 Å². The lowest BCUT2D eigenvalue weighted by atomic mass is 9.83. The lowest BCUT2D eigenvalue weighted by molar-refractivity contribution is -0.237. The number of carbonyl (C=O) groups is 2. The van der Waals surface area contributed by atoms with Crippen LogP contribution in [0.3, 0.4) is 0 Å². The molecular weight excluding hydrogens is 839 g/mol. The summed E-state index contributed by atoms with van der Waals surface area (Å²) in [6.07, 6.45) is 8.78. The van der Waals surface area contributed by atoms with E-state index < -0.39 is 29.8 Å². The molecule has 4 heterocycles. The summed E-state index contributed by atoms with van der Waals surface area (Å²) in [6, 6.07) is 22.6. The third kappa shape index (κ3) is 7.75. The van der Waals surface area contributed by atoms with Gasteiger partial charge in [-0.15, -0.1) is 0 Å². The molecule has 13 nitrogen and oxygen atoms in total. The van der Waals surface area contributed by atoms with Crippen molar-refractivity contribution in [2.24, 2.45) is 5.92 Å². The fourth-order valence-electron chi connectivity index (χ4n) is 7.84. The second kappa shape index (κ2) is 16.2. The molecule has 0 spiro atoms. The molecule has 1 aliphatic carbocycles. The van der Waals surface area contributed by atoms with Crippen molar-refractivity contribution in [2.45, 2.75) is 82.4 Å². The molecule has 3 aromatic carbocycles. The lowest BCUT2D eigenvalue weighted by Crippen LogP contribution is -2.37. The first-order valence-electron chi connectivity index (χ1n) is 19.2. The highest BCUT2D eigenvalue weighted by Crippen LogP contribution is 2.50. The van der Waals surface area contributed by atoms with Crippen molar-refractivity contribution in [3.05, 3.63) is 117 Å². The molecule has 1 saturated carbocycles. The molecule has 1 saturated heterocycles. The van der Waals surface area contributed by atoms with E-state index in [1.165, 1.54) is 6.33 Å². The third-order valence-electron chi connectivity index (χ3n) is 10.9. The number of anilines is 1. The number of amides is 1. The van der Waals surface area contributed by atoms with Gasteiger partial charge in [0.15, 0.2) is 40.8 Å². The maximum atomic E-state index is 14.3. The van der Waals surface area contributed by atoms with Crippen LogP contribution < -0.4 is 20.5 Å². The van der Waals surface area contributed by atoms with E-state index in [-0.39, 0.29) is 41.5 Å². The van der Waals surface area contributed by atoms with Crippen LogP contribution in [-0.4, -0.2) is 62.9 Å². The highest BCUT2D eigenvalue weighted by molar-refractivity contribution is 14.1. The number of fused-ring (bicyclic) bond motifs is 2. The molecule has 2 aromatic heterocycles. The summed E-state index contributed by atoms with van der Waals surface area (Å²) in [6.45, 7) is 3.85. The van der Waals surface area contributed by atoms with Gasteiger partial charge in [0.1, 0.15) is 17.9 Å². The number of aromatic nitrogens is 4. The van der Waals surface area contributed by atoms with Crippen LogP contribution in [0.25, 0.3) is 11.2 Å². The Labute approximate surface area is 344 Å². The molecule has 5 aromatic rings. The average molecular weight is 885 g/mol. The quantitative estimate of drug-likeness (QED) is 0.0720. The normalized spacial score (nSPS) is 20.8. The molecule has 3 N–H and O–H groups in total. The van der Waals surface area contributed by atoms with Crippen LogP contribution in [0.4, 0.5) is 5.82 Å². The van der Waals surface area contributed by atoms with Gasteiger partial charge in [0.05, 0.1) is 18.0 Å². The fourth-order valence-corrected chi connectivity index (χ4v) is 8.46. The maximum Gasteiger partial charge on any atom is 0.305 e. The van der Waals surface area contributed by atoms with Crippen molar-refractivity contribution < 1.29 is 33.3 Å². The Kier molecular flexibility index (Phi) is 11.0. The van der Waals surface area contributed by atoms with Crippen LogP contribution in [0.1, 0.15) is 90.4 Å². The molecule has 8 rings (SSSR count). The number of nitrogen functional groups attached to an aromatic ring is 1. The summed E-state index contributed by atoms with van der Waals surface area (Å²) in [5.74, 6) is -1.87. The molecule has 2 fully saturated rings. The van der Waals surface area contributed by atoms with Gasteiger partial charge in [-0.05, 0) is 61.4 Å². The second-order valence-corrected chi connectivity index (χ2v) is 16.2. The Morgan fingerprint density at radius 1 is 1.00 bits per heavy atom. The zero-order valence-corrected chi connectivity index (χ0v) is 34.2. The summed E-state index contributed by atoms with van der Waals surface area (Å²) in [5.41, 5.74) is 9.24. The highest BCUT2D eigenvalue weighted by atomic mass is 127. The number of nitrogens with one attached hydrogen (secondary N) is 1. The maximum absolute atomic E-state index is 14.3. The van der Waals surface area contributed by atoms with Crippen LogP contribution in [0.15, 0.2) is 95.1 Å². The molecule has 0 bridgehead atoms. The molecule has 2 aliphatic heterocycles. The minimum Gasteiger partial charge on any atom is -0.440 e. The van der Waals surface area contributed by atoms with Crippen LogP contribution in [0.2, 0.25) is 0 Å². The number of hydrogen-bond donors (Lipinski definition) is 2. The van der Waals surface area contributed by atoms with E-state index in [9.17, 15) is 9.59 Å². The monoisotopic (exact) mass is 884 g/mol. The number of Topliss-reactive ketones (excluding diaryl/α,β-unsaturated/α-hetero) is 1. The van der Waals surface area contributed by atoms with Gasteiger partial charge in [0.25, 0.3) is 5.91 Å². The first-order valence-corrected chi connectivity index (χ1v) is 20.3. The van der Waals surface area contributed by atoms with Crippen molar-refractivity contribution >= 4 is 51.3 Å². The number of hydrogen-bond acceptors (Lipinski definition) is 11. The fraction of sp³-hybridized carbons (Fsp3) is 0.372. The topological polar surface area (TPSA) is 162 Å². The largest absolute Gasteiger partial charge is 0.440 e. The zero-order chi connectivity index (χ0) is 39.7. The van der Waals surface area contributed by atoms with Crippen molar-refractivity contribution in [1.29, 1.82) is 0 Å². The van der Waals surface area contributed by atoms with E-state index in [4.69, 9.17) is 29.4 Å². The second-order valence-electron chi connectivity index (χ2n) is 15.0. The zero-order valence-electron chi connectivity index (χ0n) is 32.0. The van der Waals surface area contributed by atoms with Crippen molar-refractivity contribution in [3.63, 3.8) is 0 Å².